The van der Waals surface area contributed by atoms with Crippen molar-refractivity contribution in [1.82, 2.24) is 4.90 Å². The monoisotopic (exact) mass is 301 g/mol. The van der Waals surface area contributed by atoms with Gasteiger partial charge in [-0.25, -0.2) is 0 Å². The molecule has 0 aromatic heterocycles. The lowest BCUT2D eigenvalue weighted by molar-refractivity contribution is -0.237. The number of ketones is 1. The number of likely N-dealkylation sites (tertiary alicyclic amines) is 1. The van der Waals surface area contributed by atoms with E-state index < -0.39 is 23.7 Å². The molecule has 3 aliphatic heterocycles. The number of hydrogen-bond donors (Lipinski definition) is 0. The van der Waals surface area contributed by atoms with E-state index in [-0.39, 0.29) is 24.1 Å². The summed E-state index contributed by atoms with van der Waals surface area (Å²) in [4.78, 5) is 39.1. The van der Waals surface area contributed by atoms with Crippen molar-refractivity contribution in [3.63, 3.8) is 0 Å². The quantitative estimate of drug-likeness (QED) is 0.752. The van der Waals surface area contributed by atoms with Crippen LogP contribution in [0.3, 0.4) is 0 Å². The number of hydrogen-bond acceptors (Lipinski definition) is 5. The molecule has 4 atom stereocenters. The van der Waals surface area contributed by atoms with Gasteiger partial charge in [0.25, 0.3) is 0 Å². The lowest BCUT2D eigenvalue weighted by atomic mass is 9.86. The van der Waals surface area contributed by atoms with Crippen molar-refractivity contribution < 1.29 is 23.9 Å². The molecule has 2 bridgehead atoms. The van der Waals surface area contributed by atoms with Crippen molar-refractivity contribution in [3.05, 3.63) is 35.4 Å². The Morgan fingerprint density at radius 3 is 2.64 bits per heavy atom. The Hall–Kier alpha value is -2.05. The largest absolute Gasteiger partial charge is 0.349 e. The fourth-order valence-electron chi connectivity index (χ4n) is 3.99. The molecular formula is C16H15NO5. The maximum absolute atomic E-state index is 12.7. The highest BCUT2D eigenvalue weighted by Crippen LogP contribution is 2.56. The van der Waals surface area contributed by atoms with Gasteiger partial charge in [-0.3, -0.25) is 19.3 Å². The summed E-state index contributed by atoms with van der Waals surface area (Å²) in [5, 5.41) is 0. The van der Waals surface area contributed by atoms with Gasteiger partial charge in [0.05, 0.1) is 5.92 Å². The third-order valence-electron chi connectivity index (χ3n) is 4.93. The van der Waals surface area contributed by atoms with E-state index in [1.165, 1.54) is 12.0 Å². The molecule has 6 heteroatoms. The van der Waals surface area contributed by atoms with Crippen LogP contribution in [0.2, 0.25) is 0 Å². The molecule has 2 fully saturated rings. The van der Waals surface area contributed by atoms with Gasteiger partial charge in [0.2, 0.25) is 17.6 Å². The average molecular weight is 301 g/mol. The van der Waals surface area contributed by atoms with Gasteiger partial charge in [-0.2, -0.15) is 0 Å². The Bertz CT molecular complexity index is 714. The minimum absolute atomic E-state index is 0.255. The van der Waals surface area contributed by atoms with E-state index in [1.807, 2.05) is 0 Å². The summed E-state index contributed by atoms with van der Waals surface area (Å²) in [5.74, 6) is -3.88. The van der Waals surface area contributed by atoms with E-state index in [4.69, 9.17) is 9.47 Å². The molecule has 3 aliphatic rings. The van der Waals surface area contributed by atoms with E-state index in [0.29, 0.717) is 11.1 Å². The summed E-state index contributed by atoms with van der Waals surface area (Å²) in [6.07, 6.45) is -0.951. The summed E-state index contributed by atoms with van der Waals surface area (Å²) >= 11 is 0. The highest BCUT2D eigenvalue weighted by Gasteiger charge is 2.71. The van der Waals surface area contributed by atoms with Crippen LogP contribution in [0, 0.1) is 11.8 Å². The predicted molar refractivity (Wildman–Crippen MR) is 73.7 cm³/mol. The van der Waals surface area contributed by atoms with Crippen LogP contribution in [0.4, 0.5) is 0 Å². The highest BCUT2D eigenvalue weighted by atomic mass is 16.7. The maximum Gasteiger partial charge on any atom is 0.239 e. The molecule has 0 aliphatic carbocycles. The Balaban J connectivity index is 1.97. The number of benzene rings is 1. The fraction of sp³-hybridized carbons (Fsp3) is 0.438. The highest BCUT2D eigenvalue weighted by molar-refractivity contribution is 6.13. The molecule has 0 radical (unpaired) electrons. The molecule has 0 saturated carbocycles. The number of carbonyl (C=O) groups is 3. The topological polar surface area (TPSA) is 72.9 Å². The molecule has 2 saturated heterocycles. The number of ether oxygens (including phenoxy) is 2. The van der Waals surface area contributed by atoms with Gasteiger partial charge in [-0.15, -0.1) is 0 Å². The van der Waals surface area contributed by atoms with E-state index in [2.05, 4.69) is 0 Å². The molecule has 4 rings (SSSR count). The number of fused-ring (bicyclic) bond motifs is 7. The van der Waals surface area contributed by atoms with Crippen molar-refractivity contribution >= 4 is 17.6 Å². The number of nitrogens with zero attached hydrogens (tertiary/aromatic N) is 1. The minimum Gasteiger partial charge on any atom is -0.349 e. The summed E-state index contributed by atoms with van der Waals surface area (Å²) in [7, 11) is 1.44. The SMILES string of the molecule is CCN1C(=O)[C@H]2[C@@H](C1=O)[C@]1(OC)O[C@H]2C(=O)c2ccccc21. The first-order valence-corrected chi connectivity index (χ1v) is 7.28. The standard InChI is InChI=1S/C16H15NO5/c1-3-17-14(19)10-11(15(17)20)16(21-2)9-7-5-4-6-8(9)12(18)13(10)22-16/h4-7,10-11,13H,3H2,1-2H3/t10-,11-,13+,16+/m0/s1. The second-order valence-corrected chi connectivity index (χ2v) is 5.74. The Morgan fingerprint density at radius 2 is 1.95 bits per heavy atom. The van der Waals surface area contributed by atoms with Crippen LogP contribution in [-0.4, -0.2) is 42.3 Å². The lowest BCUT2D eigenvalue weighted by Crippen LogP contribution is -2.46. The maximum atomic E-state index is 12.7. The number of rotatable bonds is 2. The van der Waals surface area contributed by atoms with E-state index in [0.717, 1.165) is 0 Å². The third kappa shape index (κ3) is 1.30. The number of imide groups is 1. The molecular weight excluding hydrogens is 286 g/mol. The first-order chi connectivity index (χ1) is 10.6. The van der Waals surface area contributed by atoms with Crippen LogP contribution in [0.25, 0.3) is 0 Å². The fourth-order valence-corrected chi connectivity index (χ4v) is 3.99. The normalized spacial score (nSPS) is 35.8. The van der Waals surface area contributed by atoms with Crippen molar-refractivity contribution in [2.45, 2.75) is 18.8 Å². The third-order valence-corrected chi connectivity index (χ3v) is 4.93. The van der Waals surface area contributed by atoms with Gasteiger partial charge in [-0.05, 0) is 6.92 Å². The van der Waals surface area contributed by atoms with Crippen molar-refractivity contribution in [2.24, 2.45) is 11.8 Å². The molecule has 3 heterocycles. The lowest BCUT2D eigenvalue weighted by Gasteiger charge is -2.36. The zero-order valence-electron chi connectivity index (χ0n) is 12.2. The number of Topliss-reactive ketones (excluding diaryl/α,β-unsaturated/α-hetero) is 1. The van der Waals surface area contributed by atoms with Gasteiger partial charge in [-0.1, -0.05) is 24.3 Å². The smallest absolute Gasteiger partial charge is 0.239 e. The van der Waals surface area contributed by atoms with Gasteiger partial charge < -0.3 is 9.47 Å². The zero-order valence-corrected chi connectivity index (χ0v) is 12.2. The van der Waals surface area contributed by atoms with Crippen molar-refractivity contribution in [3.8, 4) is 0 Å². The molecule has 1 aromatic rings. The minimum atomic E-state index is -1.35. The molecule has 114 valence electrons. The molecule has 1 aromatic carbocycles. The summed E-state index contributed by atoms with van der Waals surface area (Å²) < 4.78 is 11.4. The van der Waals surface area contributed by atoms with E-state index >= 15 is 0 Å². The van der Waals surface area contributed by atoms with Gasteiger partial charge in [0, 0.05) is 24.8 Å². The van der Waals surface area contributed by atoms with Crippen LogP contribution >= 0.6 is 0 Å². The van der Waals surface area contributed by atoms with E-state index in [1.54, 1.807) is 31.2 Å². The summed E-state index contributed by atoms with van der Waals surface area (Å²) in [6.45, 7) is 2.02. The summed E-state index contributed by atoms with van der Waals surface area (Å²) in [6, 6.07) is 6.93. The van der Waals surface area contributed by atoms with Crippen LogP contribution in [-0.2, 0) is 24.8 Å². The Labute approximate surface area is 127 Å². The average Bonchev–Trinajstić information content (AvgIpc) is 2.99. The Kier molecular flexibility index (Phi) is 2.62. The second-order valence-electron chi connectivity index (χ2n) is 5.74. The molecule has 0 spiro atoms. The van der Waals surface area contributed by atoms with Crippen molar-refractivity contribution in [2.75, 3.05) is 13.7 Å². The zero-order chi connectivity index (χ0) is 15.6. The second kappa shape index (κ2) is 4.24. The molecule has 6 nitrogen and oxygen atoms in total. The van der Waals surface area contributed by atoms with Crippen LogP contribution in [0.5, 0.6) is 0 Å². The van der Waals surface area contributed by atoms with Crippen LogP contribution < -0.4 is 0 Å². The van der Waals surface area contributed by atoms with Gasteiger partial charge in [0.15, 0.2) is 5.78 Å². The molecule has 0 N–H and O–H groups in total. The van der Waals surface area contributed by atoms with Gasteiger partial charge in [0.1, 0.15) is 12.0 Å². The molecule has 2 amide bonds. The predicted octanol–water partition coefficient (Wildman–Crippen LogP) is 0.702. The number of amides is 2. The van der Waals surface area contributed by atoms with Crippen LogP contribution in [0.15, 0.2) is 24.3 Å². The Morgan fingerprint density at radius 1 is 1.23 bits per heavy atom. The number of carbonyl (C=O) groups excluding carboxylic acids is 3. The van der Waals surface area contributed by atoms with Crippen LogP contribution in [0.1, 0.15) is 22.8 Å². The summed E-state index contributed by atoms with van der Waals surface area (Å²) in [5.41, 5.74) is 1.00. The van der Waals surface area contributed by atoms with Crippen molar-refractivity contribution in [1.29, 1.82) is 0 Å². The first kappa shape index (κ1) is 13.6. The van der Waals surface area contributed by atoms with Gasteiger partial charge >= 0.3 is 0 Å². The van der Waals surface area contributed by atoms with E-state index in [9.17, 15) is 14.4 Å². The first-order valence-electron chi connectivity index (χ1n) is 7.28. The number of methoxy groups -OCH3 is 1. The molecule has 0 unspecified atom stereocenters. The molecule has 22 heavy (non-hydrogen) atoms.